The van der Waals surface area contributed by atoms with Crippen LogP contribution in [0.2, 0.25) is 0 Å². The molecule has 1 N–H and O–H groups in total. The number of amides is 1. The first kappa shape index (κ1) is 18.2. The summed E-state index contributed by atoms with van der Waals surface area (Å²) < 4.78 is 0. The van der Waals surface area contributed by atoms with Crippen LogP contribution in [-0.2, 0) is 11.3 Å². The zero-order chi connectivity index (χ0) is 16.7. The van der Waals surface area contributed by atoms with Crippen LogP contribution in [0.4, 0.5) is 0 Å². The van der Waals surface area contributed by atoms with Gasteiger partial charge in [-0.3, -0.25) is 4.79 Å². The molecule has 1 amide bonds. The first-order chi connectivity index (χ1) is 11.1. The van der Waals surface area contributed by atoms with E-state index in [0.717, 1.165) is 30.4 Å². The lowest BCUT2D eigenvalue weighted by molar-refractivity contribution is -0.140. The quantitative estimate of drug-likeness (QED) is 0.510. The molecule has 3 nitrogen and oxygen atoms in total. The maximum atomic E-state index is 12.4. The van der Waals surface area contributed by atoms with Gasteiger partial charge in [0, 0.05) is 12.6 Å². The van der Waals surface area contributed by atoms with Gasteiger partial charge in [-0.15, -0.1) is 0 Å². The van der Waals surface area contributed by atoms with Gasteiger partial charge in [0.1, 0.15) is 0 Å². The van der Waals surface area contributed by atoms with E-state index in [2.05, 4.69) is 22.9 Å². The average molecular weight is 380 g/mol. The predicted molar refractivity (Wildman–Crippen MR) is 97.2 cm³/mol. The number of hydrogen-bond donors (Lipinski definition) is 1. The lowest BCUT2D eigenvalue weighted by atomic mass is 9.99. The smallest absolute Gasteiger partial charge is 0.249 e. The third kappa shape index (κ3) is 4.45. The molecule has 4 heteroatoms. The monoisotopic (exact) mass is 379 g/mol. The highest BCUT2D eigenvalue weighted by atomic mass is 79.9. The molecule has 23 heavy (non-hydrogen) atoms. The molecule has 0 fully saturated rings. The van der Waals surface area contributed by atoms with E-state index in [1.165, 1.54) is 19.3 Å². The van der Waals surface area contributed by atoms with Crippen LogP contribution in [0, 0.1) is 0 Å². The van der Waals surface area contributed by atoms with Gasteiger partial charge in [-0.05, 0) is 24.0 Å². The number of rotatable bonds is 9. The number of aliphatic hydroxyl groups is 1. The molecule has 1 aliphatic rings. The molecule has 0 aliphatic carbocycles. The van der Waals surface area contributed by atoms with Gasteiger partial charge >= 0.3 is 0 Å². The van der Waals surface area contributed by atoms with Crippen LogP contribution < -0.4 is 0 Å². The Labute approximate surface area is 147 Å². The minimum Gasteiger partial charge on any atom is -0.366 e. The molecule has 1 atom stereocenters. The molecule has 1 aromatic carbocycles. The Kier molecular flexibility index (Phi) is 6.85. The highest BCUT2D eigenvalue weighted by Gasteiger charge is 2.44. The molecule has 0 saturated heterocycles. The van der Waals surface area contributed by atoms with Crippen molar-refractivity contribution in [3.05, 3.63) is 47.5 Å². The molecule has 0 saturated carbocycles. The van der Waals surface area contributed by atoms with Crippen molar-refractivity contribution >= 4 is 21.8 Å². The van der Waals surface area contributed by atoms with Crippen LogP contribution in [0.25, 0.3) is 0 Å². The fraction of sp³-hybridized carbons (Fsp3) is 0.526. The van der Waals surface area contributed by atoms with Crippen molar-refractivity contribution in [1.29, 1.82) is 0 Å². The Bertz CT molecular complexity index is 544. The molecule has 1 heterocycles. The Hall–Kier alpha value is -1.13. The minimum atomic E-state index is -1.20. The Balaban J connectivity index is 2.01. The van der Waals surface area contributed by atoms with Crippen LogP contribution in [-0.4, -0.2) is 27.0 Å². The van der Waals surface area contributed by atoms with Crippen molar-refractivity contribution in [2.75, 3.05) is 5.33 Å². The molecule has 0 bridgehead atoms. The topological polar surface area (TPSA) is 40.5 Å². The molecule has 1 aromatic rings. The summed E-state index contributed by atoms with van der Waals surface area (Å²) in [6.45, 7) is 2.63. The van der Waals surface area contributed by atoms with Crippen molar-refractivity contribution in [3.8, 4) is 0 Å². The van der Waals surface area contributed by atoms with Crippen molar-refractivity contribution in [1.82, 2.24) is 4.90 Å². The van der Waals surface area contributed by atoms with Crippen molar-refractivity contribution in [2.45, 2.75) is 57.7 Å². The van der Waals surface area contributed by atoms with Crippen LogP contribution in [0.15, 0.2) is 42.0 Å². The second-order valence-corrected chi connectivity index (χ2v) is 6.75. The van der Waals surface area contributed by atoms with Gasteiger partial charge in [-0.25, -0.2) is 0 Å². The highest BCUT2D eigenvalue weighted by Crippen LogP contribution is 2.35. The number of alkyl halides is 1. The number of carbonyl (C=O) groups excluding carboxylic acids is 1. The van der Waals surface area contributed by atoms with Gasteiger partial charge in [0.25, 0.3) is 0 Å². The molecular weight excluding hydrogens is 354 g/mol. The van der Waals surface area contributed by atoms with E-state index in [1.54, 1.807) is 11.0 Å². The van der Waals surface area contributed by atoms with Crippen LogP contribution in [0.5, 0.6) is 0 Å². The fourth-order valence-electron chi connectivity index (χ4n) is 3.02. The van der Waals surface area contributed by atoms with E-state index in [-0.39, 0.29) is 5.91 Å². The summed E-state index contributed by atoms with van der Waals surface area (Å²) in [6.07, 6.45) is 8.27. The van der Waals surface area contributed by atoms with Gasteiger partial charge in [-0.1, -0.05) is 78.9 Å². The summed E-state index contributed by atoms with van der Waals surface area (Å²) in [6, 6.07) is 9.80. The number of nitrogens with zero attached hydrogens (tertiary/aromatic N) is 1. The van der Waals surface area contributed by atoms with Crippen LogP contribution in [0.3, 0.4) is 0 Å². The molecule has 0 spiro atoms. The predicted octanol–water partition coefficient (Wildman–Crippen LogP) is 4.40. The molecule has 126 valence electrons. The molecule has 2 rings (SSSR count). The molecule has 1 aliphatic heterocycles. The molecule has 0 aromatic heterocycles. The van der Waals surface area contributed by atoms with Gasteiger partial charge in [-0.2, -0.15) is 0 Å². The summed E-state index contributed by atoms with van der Waals surface area (Å²) in [7, 11) is 0. The minimum absolute atomic E-state index is 0.0978. The highest BCUT2D eigenvalue weighted by molar-refractivity contribution is 9.09. The van der Waals surface area contributed by atoms with Crippen molar-refractivity contribution in [2.24, 2.45) is 0 Å². The van der Waals surface area contributed by atoms with Gasteiger partial charge in [0.05, 0.1) is 5.33 Å². The first-order valence-electron chi connectivity index (χ1n) is 8.46. The first-order valence-corrected chi connectivity index (χ1v) is 9.59. The summed E-state index contributed by atoms with van der Waals surface area (Å²) in [5.41, 5.74) is 0.669. The van der Waals surface area contributed by atoms with Gasteiger partial charge in [0.2, 0.25) is 5.91 Å². The number of halogens is 1. The van der Waals surface area contributed by atoms with E-state index < -0.39 is 5.72 Å². The second kappa shape index (κ2) is 8.65. The maximum Gasteiger partial charge on any atom is 0.249 e. The second-order valence-electron chi connectivity index (χ2n) is 6.19. The Morgan fingerprint density at radius 2 is 1.83 bits per heavy atom. The Morgan fingerprint density at radius 1 is 1.13 bits per heavy atom. The van der Waals surface area contributed by atoms with Crippen LogP contribution >= 0.6 is 15.9 Å². The normalized spacial score (nSPS) is 20.9. The van der Waals surface area contributed by atoms with Gasteiger partial charge < -0.3 is 10.0 Å². The summed E-state index contributed by atoms with van der Waals surface area (Å²) in [5.74, 6) is -0.0978. The van der Waals surface area contributed by atoms with Gasteiger partial charge in [0.15, 0.2) is 5.72 Å². The average Bonchev–Trinajstić information content (AvgIpc) is 2.80. The van der Waals surface area contributed by atoms with Crippen molar-refractivity contribution < 1.29 is 9.90 Å². The fourth-order valence-corrected chi connectivity index (χ4v) is 3.69. The standard InChI is InChI=1S/C19H26BrNO2/c1-2-3-4-5-9-12-17-13-18(22)21(19(17,23)15-20)14-16-10-7-6-8-11-16/h6-8,10-11,13,23H,2-5,9,12,14-15H2,1H3. The van der Waals surface area contributed by atoms with E-state index in [0.29, 0.717) is 11.9 Å². The van der Waals surface area contributed by atoms with E-state index in [1.807, 2.05) is 30.3 Å². The van der Waals surface area contributed by atoms with Crippen molar-refractivity contribution in [3.63, 3.8) is 0 Å². The van der Waals surface area contributed by atoms with E-state index >= 15 is 0 Å². The zero-order valence-electron chi connectivity index (χ0n) is 13.8. The number of carbonyl (C=O) groups is 1. The van der Waals surface area contributed by atoms with E-state index in [4.69, 9.17) is 0 Å². The summed E-state index contributed by atoms with van der Waals surface area (Å²) >= 11 is 3.40. The maximum absolute atomic E-state index is 12.4. The molecule has 0 radical (unpaired) electrons. The third-order valence-electron chi connectivity index (χ3n) is 4.44. The van der Waals surface area contributed by atoms with Crippen LogP contribution in [0.1, 0.15) is 51.0 Å². The Morgan fingerprint density at radius 3 is 2.48 bits per heavy atom. The SMILES string of the molecule is CCCCCCCC1=CC(=O)N(Cc2ccccc2)C1(O)CBr. The lowest BCUT2D eigenvalue weighted by Gasteiger charge is -2.35. The third-order valence-corrected chi connectivity index (χ3v) is 5.23. The lowest BCUT2D eigenvalue weighted by Crippen LogP contribution is -2.49. The zero-order valence-corrected chi connectivity index (χ0v) is 15.4. The molecule has 1 unspecified atom stereocenters. The largest absolute Gasteiger partial charge is 0.366 e. The number of unbranched alkanes of at least 4 members (excludes halogenated alkanes) is 4. The summed E-state index contributed by atoms with van der Waals surface area (Å²) in [5, 5.41) is 11.4. The van der Waals surface area contributed by atoms with E-state index in [9.17, 15) is 9.90 Å². The molecular formula is C19H26BrNO2. The number of hydrogen-bond acceptors (Lipinski definition) is 2. The number of benzene rings is 1. The summed E-state index contributed by atoms with van der Waals surface area (Å²) in [4.78, 5) is 13.9.